The van der Waals surface area contributed by atoms with Crippen LogP contribution in [0.15, 0.2) is 71.8 Å². The molecule has 6 nitrogen and oxygen atoms in total. The lowest BCUT2D eigenvalue weighted by atomic mass is 10.2. The lowest BCUT2D eigenvalue weighted by Crippen LogP contribution is -2.17. The highest BCUT2D eigenvalue weighted by Crippen LogP contribution is 2.31. The van der Waals surface area contributed by atoms with Gasteiger partial charge in [-0.15, -0.1) is 0 Å². The molecule has 3 aromatic rings. The Morgan fingerprint density at radius 2 is 1.79 bits per heavy atom. The van der Waals surface area contributed by atoms with E-state index in [2.05, 4.69) is 10.5 Å². The summed E-state index contributed by atoms with van der Waals surface area (Å²) in [6.07, 6.45) is 1.55. The van der Waals surface area contributed by atoms with Crippen molar-refractivity contribution < 1.29 is 19.0 Å². The number of hydrogen-bond donors (Lipinski definition) is 1. The lowest BCUT2D eigenvalue weighted by Gasteiger charge is -2.07. The van der Waals surface area contributed by atoms with Gasteiger partial charge in [0.2, 0.25) is 6.79 Å². The number of amides is 1. The van der Waals surface area contributed by atoms with Gasteiger partial charge in [-0.1, -0.05) is 23.7 Å². The molecule has 0 aromatic heterocycles. The number of hydrazone groups is 1. The fraction of sp³-hybridized carbons (Fsp3) is 0.0909. The van der Waals surface area contributed by atoms with Crippen molar-refractivity contribution in [2.75, 3.05) is 6.79 Å². The molecule has 29 heavy (non-hydrogen) atoms. The molecule has 0 saturated heterocycles. The maximum atomic E-state index is 12.2. The van der Waals surface area contributed by atoms with Gasteiger partial charge in [-0.25, -0.2) is 5.43 Å². The molecule has 0 atom stereocenters. The predicted molar refractivity (Wildman–Crippen MR) is 110 cm³/mol. The van der Waals surface area contributed by atoms with Crippen molar-refractivity contribution in [3.63, 3.8) is 0 Å². The molecular formula is C22H17ClN2O4. The molecule has 1 heterocycles. The number of ether oxygens (including phenoxy) is 3. The largest absolute Gasteiger partial charge is 0.489 e. The molecule has 0 aliphatic carbocycles. The molecule has 0 fully saturated rings. The zero-order valence-electron chi connectivity index (χ0n) is 15.3. The van der Waals surface area contributed by atoms with Crippen molar-refractivity contribution in [1.29, 1.82) is 0 Å². The quantitative estimate of drug-likeness (QED) is 0.484. The van der Waals surface area contributed by atoms with Crippen LogP contribution in [0, 0.1) is 0 Å². The van der Waals surface area contributed by atoms with Gasteiger partial charge in [0, 0.05) is 10.6 Å². The van der Waals surface area contributed by atoms with Crippen molar-refractivity contribution in [1.82, 2.24) is 5.43 Å². The summed E-state index contributed by atoms with van der Waals surface area (Å²) in [6.45, 7) is 0.634. The number of halogens is 1. The van der Waals surface area contributed by atoms with Gasteiger partial charge >= 0.3 is 0 Å². The number of hydrogen-bond acceptors (Lipinski definition) is 5. The zero-order chi connectivity index (χ0) is 20.1. The maximum Gasteiger partial charge on any atom is 0.271 e. The smallest absolute Gasteiger partial charge is 0.271 e. The molecule has 0 saturated carbocycles. The minimum atomic E-state index is -0.314. The summed E-state index contributed by atoms with van der Waals surface area (Å²) >= 11 is 5.87. The van der Waals surface area contributed by atoms with Gasteiger partial charge in [0.1, 0.15) is 12.4 Å². The Kier molecular flexibility index (Phi) is 5.63. The van der Waals surface area contributed by atoms with Crippen LogP contribution in [0.5, 0.6) is 17.2 Å². The first kappa shape index (κ1) is 18.8. The molecule has 146 valence electrons. The predicted octanol–water partition coefficient (Wildman–Crippen LogP) is 4.41. The van der Waals surface area contributed by atoms with Gasteiger partial charge in [0.15, 0.2) is 11.5 Å². The van der Waals surface area contributed by atoms with E-state index in [-0.39, 0.29) is 12.7 Å². The summed E-state index contributed by atoms with van der Waals surface area (Å²) in [6, 6.07) is 19.7. The molecule has 7 heteroatoms. The monoisotopic (exact) mass is 408 g/mol. The van der Waals surface area contributed by atoms with Crippen LogP contribution >= 0.6 is 11.6 Å². The SMILES string of the molecule is O=C(N/N=C\c1ccc2c(c1)OCO2)c1ccc(OCc2ccc(Cl)cc2)cc1. The number of nitrogens with zero attached hydrogens (tertiary/aromatic N) is 1. The molecule has 1 aliphatic heterocycles. The van der Waals surface area contributed by atoms with Crippen LogP contribution in [-0.4, -0.2) is 18.9 Å². The van der Waals surface area contributed by atoms with Gasteiger partial charge in [0.05, 0.1) is 6.21 Å². The van der Waals surface area contributed by atoms with Crippen molar-refractivity contribution in [2.45, 2.75) is 6.61 Å². The average Bonchev–Trinajstić information content (AvgIpc) is 3.21. The highest BCUT2D eigenvalue weighted by molar-refractivity contribution is 6.30. The second-order valence-corrected chi connectivity index (χ2v) is 6.69. The molecule has 1 amide bonds. The zero-order valence-corrected chi connectivity index (χ0v) is 16.1. The first-order valence-corrected chi connectivity index (χ1v) is 9.25. The van der Waals surface area contributed by atoms with Crippen molar-refractivity contribution in [3.8, 4) is 17.2 Å². The Labute approximate surface area is 172 Å². The lowest BCUT2D eigenvalue weighted by molar-refractivity contribution is 0.0955. The fourth-order valence-electron chi connectivity index (χ4n) is 2.67. The first-order valence-electron chi connectivity index (χ1n) is 8.88. The number of benzene rings is 3. The highest BCUT2D eigenvalue weighted by atomic mass is 35.5. The number of carbonyl (C=O) groups is 1. The number of fused-ring (bicyclic) bond motifs is 1. The Hall–Kier alpha value is -3.51. The second kappa shape index (κ2) is 8.67. The van der Waals surface area contributed by atoms with Crippen LogP contribution < -0.4 is 19.6 Å². The van der Waals surface area contributed by atoms with E-state index < -0.39 is 0 Å². The summed E-state index contributed by atoms with van der Waals surface area (Å²) in [7, 11) is 0. The summed E-state index contributed by atoms with van der Waals surface area (Å²) < 4.78 is 16.3. The Morgan fingerprint density at radius 1 is 1.03 bits per heavy atom. The molecule has 0 unspecified atom stereocenters. The van der Waals surface area contributed by atoms with E-state index in [0.717, 1.165) is 11.1 Å². The third-order valence-corrected chi connectivity index (χ3v) is 4.46. The van der Waals surface area contributed by atoms with Gasteiger partial charge in [-0.3, -0.25) is 4.79 Å². The summed E-state index contributed by atoms with van der Waals surface area (Å²) in [5.41, 5.74) is 4.78. The standard InChI is InChI=1S/C22H17ClN2O4/c23-18-6-1-15(2-7-18)13-27-19-8-4-17(5-9-19)22(26)25-24-12-16-3-10-20-21(11-16)29-14-28-20/h1-12H,13-14H2,(H,25,26)/b24-12-. The van der Waals surface area contributed by atoms with Crippen LogP contribution in [0.3, 0.4) is 0 Å². The van der Waals surface area contributed by atoms with E-state index >= 15 is 0 Å². The van der Waals surface area contributed by atoms with E-state index in [1.807, 2.05) is 30.3 Å². The summed E-state index contributed by atoms with van der Waals surface area (Å²) in [5, 5.41) is 4.67. The summed E-state index contributed by atoms with van der Waals surface area (Å²) in [5.74, 6) is 1.71. The Bertz CT molecular complexity index is 1030. The molecule has 0 spiro atoms. The third-order valence-electron chi connectivity index (χ3n) is 4.21. The molecule has 0 bridgehead atoms. The topological polar surface area (TPSA) is 69.2 Å². The number of nitrogens with one attached hydrogen (secondary N) is 1. The Morgan fingerprint density at radius 3 is 2.59 bits per heavy atom. The van der Waals surface area contributed by atoms with Crippen LogP contribution in [0.2, 0.25) is 5.02 Å². The van der Waals surface area contributed by atoms with Crippen LogP contribution in [0.4, 0.5) is 0 Å². The minimum Gasteiger partial charge on any atom is -0.489 e. The molecule has 1 N–H and O–H groups in total. The average molecular weight is 409 g/mol. The van der Waals surface area contributed by atoms with Crippen molar-refractivity contribution in [3.05, 3.63) is 88.4 Å². The number of rotatable bonds is 6. The molecular weight excluding hydrogens is 392 g/mol. The van der Waals surface area contributed by atoms with E-state index in [0.29, 0.717) is 34.4 Å². The highest BCUT2D eigenvalue weighted by Gasteiger charge is 2.12. The van der Waals surface area contributed by atoms with Crippen LogP contribution in [0.25, 0.3) is 0 Å². The fourth-order valence-corrected chi connectivity index (χ4v) is 2.80. The van der Waals surface area contributed by atoms with E-state index in [1.165, 1.54) is 0 Å². The normalized spacial score (nSPS) is 12.2. The van der Waals surface area contributed by atoms with Crippen LogP contribution in [-0.2, 0) is 6.61 Å². The third kappa shape index (κ3) is 4.86. The van der Waals surface area contributed by atoms with E-state index in [4.69, 9.17) is 25.8 Å². The van der Waals surface area contributed by atoms with Gasteiger partial charge in [0.25, 0.3) is 5.91 Å². The second-order valence-electron chi connectivity index (χ2n) is 6.25. The van der Waals surface area contributed by atoms with Gasteiger partial charge in [-0.05, 0) is 65.7 Å². The first-order chi connectivity index (χ1) is 14.2. The minimum absolute atomic E-state index is 0.214. The van der Waals surface area contributed by atoms with Crippen LogP contribution in [0.1, 0.15) is 21.5 Å². The maximum absolute atomic E-state index is 12.2. The molecule has 0 radical (unpaired) electrons. The molecule has 4 rings (SSSR count). The van der Waals surface area contributed by atoms with E-state index in [1.54, 1.807) is 42.6 Å². The Balaban J connectivity index is 1.30. The van der Waals surface area contributed by atoms with Gasteiger partial charge < -0.3 is 14.2 Å². The van der Waals surface area contributed by atoms with E-state index in [9.17, 15) is 4.79 Å². The number of carbonyl (C=O) groups excluding carboxylic acids is 1. The van der Waals surface area contributed by atoms with Gasteiger partial charge in [-0.2, -0.15) is 5.10 Å². The summed E-state index contributed by atoms with van der Waals surface area (Å²) in [4.78, 5) is 12.2. The molecule has 1 aliphatic rings. The van der Waals surface area contributed by atoms with Crippen molar-refractivity contribution >= 4 is 23.7 Å². The van der Waals surface area contributed by atoms with Crippen molar-refractivity contribution in [2.24, 2.45) is 5.10 Å². The molecule has 3 aromatic carbocycles.